The highest BCUT2D eigenvalue weighted by atomic mass is 32.1. The summed E-state index contributed by atoms with van der Waals surface area (Å²) in [6.45, 7) is 3.83. The minimum Gasteiger partial charge on any atom is -0.313 e. The number of nitrogens with one attached hydrogen (secondary N) is 1. The summed E-state index contributed by atoms with van der Waals surface area (Å²) >= 11 is 1.18. The summed E-state index contributed by atoms with van der Waals surface area (Å²) < 4.78 is 0. The third-order valence-electron chi connectivity index (χ3n) is 1.86. The molecule has 0 aromatic carbocycles. The minimum atomic E-state index is -0.347. The molecule has 0 saturated heterocycles. The summed E-state index contributed by atoms with van der Waals surface area (Å²) in [4.78, 5) is 10.0. The van der Waals surface area contributed by atoms with Crippen LogP contribution in [0.4, 0.5) is 5.00 Å². The zero-order valence-corrected chi connectivity index (χ0v) is 8.97. The molecule has 0 saturated carbocycles. The van der Waals surface area contributed by atoms with Crippen LogP contribution in [0.2, 0.25) is 0 Å². The van der Waals surface area contributed by atoms with Crippen LogP contribution in [-0.2, 0) is 6.54 Å². The zero-order valence-electron chi connectivity index (χ0n) is 8.16. The number of nitro groups is 1. The first-order valence-corrected chi connectivity index (χ1v) is 5.54. The van der Waals surface area contributed by atoms with Gasteiger partial charge in [0.05, 0.1) is 4.92 Å². The predicted molar refractivity (Wildman–Crippen MR) is 57.6 cm³/mol. The molecule has 1 N–H and O–H groups in total. The van der Waals surface area contributed by atoms with Crippen LogP contribution >= 0.6 is 11.3 Å². The Bertz CT molecular complexity index is 299. The quantitative estimate of drug-likeness (QED) is 0.450. The van der Waals surface area contributed by atoms with Crippen molar-refractivity contribution >= 4 is 16.3 Å². The average Bonchev–Trinajstić information content (AvgIpc) is 2.61. The van der Waals surface area contributed by atoms with Gasteiger partial charge in [-0.25, -0.2) is 0 Å². The number of hydrogen-bond donors (Lipinski definition) is 1. The molecule has 78 valence electrons. The molecule has 0 aliphatic rings. The molecule has 0 aliphatic heterocycles. The van der Waals surface area contributed by atoms with E-state index < -0.39 is 0 Å². The number of nitrogens with zero attached hydrogens (tertiary/aromatic N) is 1. The minimum absolute atomic E-state index is 0.220. The van der Waals surface area contributed by atoms with Crippen LogP contribution < -0.4 is 5.32 Å². The highest BCUT2D eigenvalue weighted by Gasteiger charge is 2.08. The molecule has 1 heterocycles. The van der Waals surface area contributed by atoms with Crippen molar-refractivity contribution in [1.82, 2.24) is 5.32 Å². The fraction of sp³-hybridized carbons (Fsp3) is 0.556. The molecule has 0 spiro atoms. The highest BCUT2D eigenvalue weighted by Crippen LogP contribution is 2.22. The van der Waals surface area contributed by atoms with E-state index >= 15 is 0 Å². The summed E-state index contributed by atoms with van der Waals surface area (Å²) in [5.41, 5.74) is 0.998. The number of thiophene rings is 1. The van der Waals surface area contributed by atoms with Crippen molar-refractivity contribution in [2.45, 2.75) is 26.3 Å². The lowest BCUT2D eigenvalue weighted by molar-refractivity contribution is -0.380. The molecular formula is C9H14N2O2S. The van der Waals surface area contributed by atoms with E-state index in [0.29, 0.717) is 0 Å². The van der Waals surface area contributed by atoms with Crippen molar-refractivity contribution in [3.8, 4) is 0 Å². The van der Waals surface area contributed by atoms with Crippen molar-refractivity contribution < 1.29 is 4.92 Å². The van der Waals surface area contributed by atoms with Gasteiger partial charge in [-0.2, -0.15) is 0 Å². The molecule has 0 atom stereocenters. The molecule has 1 aromatic rings. The largest absolute Gasteiger partial charge is 0.324 e. The lowest BCUT2D eigenvalue weighted by Crippen LogP contribution is -2.13. The average molecular weight is 214 g/mol. The molecule has 0 bridgehead atoms. The van der Waals surface area contributed by atoms with Gasteiger partial charge in [0.1, 0.15) is 0 Å². The summed E-state index contributed by atoms with van der Waals surface area (Å²) in [5, 5.41) is 15.7. The van der Waals surface area contributed by atoms with Crippen molar-refractivity contribution in [2.24, 2.45) is 0 Å². The van der Waals surface area contributed by atoms with Gasteiger partial charge < -0.3 is 5.32 Å². The third-order valence-corrected chi connectivity index (χ3v) is 2.79. The van der Waals surface area contributed by atoms with Crippen molar-refractivity contribution in [2.75, 3.05) is 6.54 Å². The smallest absolute Gasteiger partial charge is 0.313 e. The second kappa shape index (κ2) is 5.72. The van der Waals surface area contributed by atoms with E-state index in [9.17, 15) is 10.1 Å². The fourth-order valence-corrected chi connectivity index (χ4v) is 1.81. The standard InChI is InChI=1S/C9H14N2O2S/c1-2-3-4-10-6-8-5-9(11(12)13)14-7-8/h5,7,10H,2-4,6H2,1H3. The van der Waals surface area contributed by atoms with Crippen LogP contribution in [0.3, 0.4) is 0 Å². The number of unbranched alkanes of at least 4 members (excludes halogenated alkanes) is 1. The first-order valence-electron chi connectivity index (χ1n) is 4.66. The Morgan fingerprint density at radius 3 is 3.00 bits per heavy atom. The molecule has 1 aromatic heterocycles. The molecule has 4 nitrogen and oxygen atoms in total. The maximum atomic E-state index is 10.4. The maximum absolute atomic E-state index is 10.4. The molecule has 1 rings (SSSR count). The van der Waals surface area contributed by atoms with E-state index in [1.807, 2.05) is 5.38 Å². The van der Waals surface area contributed by atoms with E-state index in [2.05, 4.69) is 12.2 Å². The van der Waals surface area contributed by atoms with Gasteiger partial charge in [0.15, 0.2) is 0 Å². The zero-order chi connectivity index (χ0) is 10.4. The van der Waals surface area contributed by atoms with Gasteiger partial charge in [-0.05, 0) is 18.5 Å². The molecular weight excluding hydrogens is 200 g/mol. The topological polar surface area (TPSA) is 55.2 Å². The van der Waals surface area contributed by atoms with Crippen LogP contribution in [0.5, 0.6) is 0 Å². The van der Waals surface area contributed by atoms with E-state index in [1.54, 1.807) is 6.07 Å². The normalized spacial score (nSPS) is 10.4. The van der Waals surface area contributed by atoms with Gasteiger partial charge in [0, 0.05) is 18.0 Å². The van der Waals surface area contributed by atoms with Gasteiger partial charge in [0.2, 0.25) is 0 Å². The Hall–Kier alpha value is -0.940. The van der Waals surface area contributed by atoms with Gasteiger partial charge in [-0.1, -0.05) is 24.7 Å². The Morgan fingerprint density at radius 1 is 1.64 bits per heavy atom. The molecule has 0 radical (unpaired) electrons. The highest BCUT2D eigenvalue weighted by molar-refractivity contribution is 7.13. The number of rotatable bonds is 6. The molecule has 5 heteroatoms. The van der Waals surface area contributed by atoms with E-state index in [0.717, 1.165) is 31.5 Å². The predicted octanol–water partition coefficient (Wildman–Crippen LogP) is 2.55. The van der Waals surface area contributed by atoms with Crippen molar-refractivity contribution in [3.05, 3.63) is 27.1 Å². The van der Waals surface area contributed by atoms with E-state index in [-0.39, 0.29) is 9.92 Å². The van der Waals surface area contributed by atoms with Crippen molar-refractivity contribution in [1.29, 1.82) is 0 Å². The first-order chi connectivity index (χ1) is 6.74. The molecule has 0 amide bonds. The fourth-order valence-electron chi connectivity index (χ4n) is 1.09. The Morgan fingerprint density at radius 2 is 2.43 bits per heavy atom. The summed E-state index contributed by atoms with van der Waals surface area (Å²) in [6.07, 6.45) is 2.31. The Balaban J connectivity index is 2.33. The maximum Gasteiger partial charge on any atom is 0.324 e. The first kappa shape index (κ1) is 11.1. The molecule has 0 unspecified atom stereocenters. The monoisotopic (exact) mass is 214 g/mol. The van der Waals surface area contributed by atoms with Crippen molar-refractivity contribution in [3.63, 3.8) is 0 Å². The van der Waals surface area contributed by atoms with Crippen LogP contribution in [0.15, 0.2) is 11.4 Å². The van der Waals surface area contributed by atoms with Gasteiger partial charge in [-0.15, -0.1) is 0 Å². The third kappa shape index (κ3) is 3.43. The Kier molecular flexibility index (Phi) is 4.55. The summed E-state index contributed by atoms with van der Waals surface area (Å²) in [6, 6.07) is 1.63. The van der Waals surface area contributed by atoms with Crippen LogP contribution in [0.1, 0.15) is 25.3 Å². The SMILES string of the molecule is CCCCNCc1csc([N+](=O)[O-])c1. The number of hydrogen-bond acceptors (Lipinski definition) is 4. The van der Waals surface area contributed by atoms with Gasteiger partial charge in [0.25, 0.3) is 0 Å². The molecule has 14 heavy (non-hydrogen) atoms. The van der Waals surface area contributed by atoms with Crippen LogP contribution in [0, 0.1) is 10.1 Å². The second-order valence-electron chi connectivity index (χ2n) is 3.08. The summed E-state index contributed by atoms with van der Waals surface area (Å²) in [5.74, 6) is 0. The van der Waals surface area contributed by atoms with E-state index in [1.165, 1.54) is 11.3 Å². The van der Waals surface area contributed by atoms with Crippen LogP contribution in [-0.4, -0.2) is 11.5 Å². The molecule has 0 fully saturated rings. The lowest BCUT2D eigenvalue weighted by atomic mass is 10.3. The van der Waals surface area contributed by atoms with Gasteiger partial charge >= 0.3 is 5.00 Å². The lowest BCUT2D eigenvalue weighted by Gasteiger charge is -1.99. The Labute approximate surface area is 87.1 Å². The van der Waals surface area contributed by atoms with Crippen LogP contribution in [0.25, 0.3) is 0 Å². The molecule has 0 aliphatic carbocycles. The van der Waals surface area contributed by atoms with Gasteiger partial charge in [-0.3, -0.25) is 10.1 Å². The van der Waals surface area contributed by atoms with E-state index in [4.69, 9.17) is 0 Å². The second-order valence-corrected chi connectivity index (χ2v) is 3.97. The summed E-state index contributed by atoms with van der Waals surface area (Å²) in [7, 11) is 0.